The topological polar surface area (TPSA) is 55.1 Å². The van der Waals surface area contributed by atoms with Gasteiger partial charge in [0.15, 0.2) is 0 Å². The van der Waals surface area contributed by atoms with Crippen molar-refractivity contribution >= 4 is 17.2 Å². The minimum absolute atomic E-state index is 0.328. The van der Waals surface area contributed by atoms with Crippen LogP contribution in [-0.4, -0.2) is 12.5 Å². The van der Waals surface area contributed by atoms with Gasteiger partial charge in [-0.1, -0.05) is 6.42 Å². The number of rotatable bonds is 5. The van der Waals surface area contributed by atoms with Crippen molar-refractivity contribution in [1.29, 1.82) is 0 Å². The zero-order valence-corrected chi connectivity index (χ0v) is 11.3. The van der Waals surface area contributed by atoms with Crippen LogP contribution >= 0.6 is 11.3 Å². The molecule has 1 heterocycles. The highest BCUT2D eigenvalue weighted by Gasteiger charge is 2.38. The predicted molar refractivity (Wildman–Crippen MR) is 73.5 cm³/mol. The average Bonchev–Trinajstić information content (AvgIpc) is 3.03. The maximum absolute atomic E-state index is 11.0. The first-order valence-electron chi connectivity index (χ1n) is 6.80. The monoisotopic (exact) mass is 264 g/mol. The molecular weight excluding hydrogens is 244 g/mol. The average molecular weight is 264 g/mol. The van der Waals surface area contributed by atoms with Crippen LogP contribution in [0.5, 0.6) is 0 Å². The molecule has 3 rings (SSSR count). The molecular formula is C14H20N2OS. The number of hydrogen-bond donors (Lipinski definition) is 2. The van der Waals surface area contributed by atoms with Gasteiger partial charge in [-0.15, -0.1) is 11.3 Å². The van der Waals surface area contributed by atoms with Gasteiger partial charge in [0, 0.05) is 16.8 Å². The van der Waals surface area contributed by atoms with E-state index in [1.165, 1.54) is 30.6 Å². The Balaban J connectivity index is 1.45. The first-order valence-corrected chi connectivity index (χ1v) is 7.68. The second kappa shape index (κ2) is 5.02. The lowest BCUT2D eigenvalue weighted by atomic mass is 9.89. The summed E-state index contributed by atoms with van der Waals surface area (Å²) in [6, 6.07) is 1.90. The third-order valence-electron chi connectivity index (χ3n) is 4.53. The molecule has 1 amide bonds. The molecule has 98 valence electrons. The minimum Gasteiger partial charge on any atom is -0.366 e. The van der Waals surface area contributed by atoms with Gasteiger partial charge in [0.25, 0.3) is 0 Å². The number of hydrogen-bond acceptors (Lipinski definition) is 3. The zero-order valence-electron chi connectivity index (χ0n) is 10.5. The molecule has 2 aliphatic carbocycles. The van der Waals surface area contributed by atoms with Crippen LogP contribution in [-0.2, 0) is 6.54 Å². The molecule has 3 unspecified atom stereocenters. The summed E-state index contributed by atoms with van der Waals surface area (Å²) in [6.07, 6.45) is 5.81. The molecule has 3 atom stereocenters. The fraction of sp³-hybridized carbons (Fsp3) is 0.643. The molecule has 4 heteroatoms. The van der Waals surface area contributed by atoms with Crippen LogP contribution in [0.2, 0.25) is 0 Å². The molecule has 1 aromatic heterocycles. The molecule has 3 nitrogen and oxygen atoms in total. The fourth-order valence-electron chi connectivity index (χ4n) is 3.61. The molecule has 18 heavy (non-hydrogen) atoms. The Labute approximate surface area is 112 Å². The third-order valence-corrected chi connectivity index (χ3v) is 5.47. The van der Waals surface area contributed by atoms with Gasteiger partial charge >= 0.3 is 0 Å². The summed E-state index contributed by atoms with van der Waals surface area (Å²) in [5, 5.41) is 5.38. The lowest BCUT2D eigenvalue weighted by Crippen LogP contribution is -2.25. The third kappa shape index (κ3) is 2.45. The number of amides is 1. The van der Waals surface area contributed by atoms with Gasteiger partial charge in [-0.25, -0.2) is 0 Å². The van der Waals surface area contributed by atoms with Crippen LogP contribution < -0.4 is 11.1 Å². The van der Waals surface area contributed by atoms with Crippen molar-refractivity contribution in [1.82, 2.24) is 5.32 Å². The van der Waals surface area contributed by atoms with E-state index in [1.807, 2.05) is 11.4 Å². The molecule has 0 saturated heterocycles. The molecule has 0 aliphatic heterocycles. The van der Waals surface area contributed by atoms with Crippen LogP contribution in [0.1, 0.15) is 40.9 Å². The Bertz CT molecular complexity index is 443. The highest BCUT2D eigenvalue weighted by atomic mass is 32.1. The van der Waals surface area contributed by atoms with Gasteiger partial charge in [-0.05, 0) is 49.6 Å². The Morgan fingerprint density at radius 3 is 2.94 bits per heavy atom. The fourth-order valence-corrected chi connectivity index (χ4v) is 4.45. The van der Waals surface area contributed by atoms with E-state index in [9.17, 15) is 4.79 Å². The summed E-state index contributed by atoms with van der Waals surface area (Å²) in [7, 11) is 0. The second-order valence-corrected chi connectivity index (χ2v) is 6.73. The molecule has 2 saturated carbocycles. The van der Waals surface area contributed by atoms with Gasteiger partial charge in [0.1, 0.15) is 0 Å². The van der Waals surface area contributed by atoms with Gasteiger partial charge in [0.05, 0.1) is 5.56 Å². The van der Waals surface area contributed by atoms with E-state index in [1.54, 1.807) is 11.3 Å². The summed E-state index contributed by atoms with van der Waals surface area (Å²) in [5.41, 5.74) is 5.88. The van der Waals surface area contributed by atoms with Gasteiger partial charge in [0.2, 0.25) is 5.91 Å². The van der Waals surface area contributed by atoms with Crippen LogP contribution in [0.3, 0.4) is 0 Å². The quantitative estimate of drug-likeness (QED) is 0.858. The standard InChI is InChI=1S/C14H20N2OS/c15-14(17)12-5-13(18-8-12)7-16-6-11-4-9-1-2-10(11)3-9/h5,8-11,16H,1-4,6-7H2,(H2,15,17). The summed E-state index contributed by atoms with van der Waals surface area (Å²) in [4.78, 5) is 12.2. The Morgan fingerprint density at radius 2 is 2.33 bits per heavy atom. The Hall–Kier alpha value is -0.870. The number of nitrogens with one attached hydrogen (secondary N) is 1. The number of carbonyl (C=O) groups is 1. The van der Waals surface area contributed by atoms with Crippen molar-refractivity contribution in [3.8, 4) is 0 Å². The summed E-state index contributed by atoms with van der Waals surface area (Å²) < 4.78 is 0. The summed E-state index contributed by atoms with van der Waals surface area (Å²) >= 11 is 1.61. The van der Waals surface area contributed by atoms with Crippen molar-refractivity contribution in [2.24, 2.45) is 23.5 Å². The zero-order chi connectivity index (χ0) is 12.5. The minimum atomic E-state index is -0.328. The molecule has 2 bridgehead atoms. The van der Waals surface area contributed by atoms with E-state index in [0.717, 1.165) is 30.8 Å². The van der Waals surface area contributed by atoms with E-state index in [0.29, 0.717) is 5.56 Å². The molecule has 1 aromatic rings. The maximum Gasteiger partial charge on any atom is 0.249 e. The van der Waals surface area contributed by atoms with Crippen LogP contribution in [0.4, 0.5) is 0 Å². The Morgan fingerprint density at radius 1 is 1.44 bits per heavy atom. The van der Waals surface area contributed by atoms with Crippen molar-refractivity contribution in [3.05, 3.63) is 21.9 Å². The largest absolute Gasteiger partial charge is 0.366 e. The molecule has 0 spiro atoms. The van der Waals surface area contributed by atoms with Gasteiger partial charge in [-0.2, -0.15) is 0 Å². The second-order valence-electron chi connectivity index (χ2n) is 5.73. The smallest absolute Gasteiger partial charge is 0.249 e. The first kappa shape index (κ1) is 12.2. The Kier molecular flexibility index (Phi) is 3.39. The van der Waals surface area contributed by atoms with Crippen LogP contribution in [0.15, 0.2) is 11.4 Å². The van der Waals surface area contributed by atoms with Crippen molar-refractivity contribution in [2.75, 3.05) is 6.54 Å². The molecule has 2 fully saturated rings. The van der Waals surface area contributed by atoms with E-state index in [4.69, 9.17) is 5.73 Å². The number of carbonyl (C=O) groups excluding carboxylic acids is 1. The van der Waals surface area contributed by atoms with E-state index in [2.05, 4.69) is 5.32 Å². The van der Waals surface area contributed by atoms with Gasteiger partial charge < -0.3 is 11.1 Å². The predicted octanol–water partition coefficient (Wildman–Crippen LogP) is 2.37. The van der Waals surface area contributed by atoms with E-state index in [-0.39, 0.29) is 5.91 Å². The number of fused-ring (bicyclic) bond motifs is 2. The number of thiophene rings is 1. The summed E-state index contributed by atoms with van der Waals surface area (Å²) in [5.74, 6) is 2.56. The first-order chi connectivity index (χ1) is 8.72. The normalized spacial score (nSPS) is 29.9. The molecule has 3 N–H and O–H groups in total. The number of nitrogens with two attached hydrogens (primary N) is 1. The molecule has 0 radical (unpaired) electrons. The van der Waals surface area contributed by atoms with E-state index >= 15 is 0 Å². The van der Waals surface area contributed by atoms with Crippen LogP contribution in [0.25, 0.3) is 0 Å². The number of primary amides is 1. The summed E-state index contributed by atoms with van der Waals surface area (Å²) in [6.45, 7) is 2.00. The van der Waals surface area contributed by atoms with Crippen molar-refractivity contribution < 1.29 is 4.79 Å². The lowest BCUT2D eigenvalue weighted by Gasteiger charge is -2.21. The van der Waals surface area contributed by atoms with Crippen molar-refractivity contribution in [2.45, 2.75) is 32.2 Å². The molecule has 0 aromatic carbocycles. The highest BCUT2D eigenvalue weighted by molar-refractivity contribution is 7.10. The maximum atomic E-state index is 11.0. The van der Waals surface area contributed by atoms with Crippen LogP contribution in [0, 0.1) is 17.8 Å². The van der Waals surface area contributed by atoms with E-state index < -0.39 is 0 Å². The van der Waals surface area contributed by atoms with Crippen molar-refractivity contribution in [3.63, 3.8) is 0 Å². The van der Waals surface area contributed by atoms with Gasteiger partial charge in [-0.3, -0.25) is 4.79 Å². The lowest BCUT2D eigenvalue weighted by molar-refractivity contribution is 0.100. The SMILES string of the molecule is NC(=O)c1csc(CNCC2CC3CCC2C3)c1. The molecule has 2 aliphatic rings. The highest BCUT2D eigenvalue weighted by Crippen LogP contribution is 2.47.